The van der Waals surface area contributed by atoms with Gasteiger partial charge in [0, 0.05) is 30.5 Å². The first-order chi connectivity index (χ1) is 15.3. The highest BCUT2D eigenvalue weighted by molar-refractivity contribution is 7.80. The van der Waals surface area contributed by atoms with E-state index >= 15 is 0 Å². The highest BCUT2D eigenvalue weighted by atomic mass is 32.1. The second-order valence-electron chi connectivity index (χ2n) is 8.54. The Hall–Kier alpha value is -2.86. The summed E-state index contributed by atoms with van der Waals surface area (Å²) in [6.45, 7) is 7.39. The van der Waals surface area contributed by atoms with E-state index in [0.717, 1.165) is 35.3 Å². The molecule has 6 heteroatoms. The molecule has 0 aliphatic carbocycles. The summed E-state index contributed by atoms with van der Waals surface area (Å²) >= 11 is 4.47. The quantitative estimate of drug-likeness (QED) is 0.466. The van der Waals surface area contributed by atoms with Crippen LogP contribution in [0.5, 0.6) is 0 Å². The van der Waals surface area contributed by atoms with Gasteiger partial charge in [0.05, 0.1) is 16.3 Å². The van der Waals surface area contributed by atoms with Crippen LogP contribution in [0.3, 0.4) is 0 Å². The number of benzene rings is 2. The predicted octanol–water partition coefficient (Wildman–Crippen LogP) is 6.20. The van der Waals surface area contributed by atoms with E-state index in [1.54, 1.807) is 6.20 Å². The molecule has 4 nitrogen and oxygen atoms in total. The number of hydrogen-bond donors (Lipinski definition) is 2. The fraction of sp³-hybridized carbons (Fsp3) is 0.308. The third-order valence-corrected chi connectivity index (χ3v) is 6.88. The highest BCUT2D eigenvalue weighted by Gasteiger charge is 2.27. The van der Waals surface area contributed by atoms with Crippen LogP contribution in [0.2, 0.25) is 0 Å². The molecule has 2 aromatic carbocycles. The van der Waals surface area contributed by atoms with Gasteiger partial charge in [-0.05, 0) is 80.5 Å². The van der Waals surface area contributed by atoms with Crippen LogP contribution in [-0.2, 0) is 0 Å². The maximum absolute atomic E-state index is 13.5. The molecule has 166 valence electrons. The lowest BCUT2D eigenvalue weighted by Crippen LogP contribution is -2.38. The van der Waals surface area contributed by atoms with E-state index in [1.807, 2.05) is 30.0 Å². The molecule has 1 aliphatic rings. The van der Waals surface area contributed by atoms with Crippen LogP contribution in [0, 0.1) is 26.6 Å². The summed E-state index contributed by atoms with van der Waals surface area (Å²) < 4.78 is 13.2. The van der Waals surface area contributed by atoms with Crippen LogP contribution in [0.15, 0.2) is 53.7 Å². The minimum absolute atomic E-state index is 0.0298. The van der Waals surface area contributed by atoms with Crippen molar-refractivity contribution < 1.29 is 9.18 Å². The number of nitrogens with one attached hydrogen (secondary N) is 1. The molecule has 0 spiro atoms. The third-order valence-electron chi connectivity index (χ3n) is 6.43. The summed E-state index contributed by atoms with van der Waals surface area (Å²) in [6.07, 6.45) is 3.33. The van der Waals surface area contributed by atoms with E-state index in [1.165, 1.54) is 23.3 Å². The fourth-order valence-electron chi connectivity index (χ4n) is 4.21. The summed E-state index contributed by atoms with van der Waals surface area (Å²) in [6, 6.07) is 12.9. The van der Waals surface area contributed by atoms with Crippen LogP contribution >= 0.6 is 12.6 Å². The number of nitrogens with zero attached hydrogens (tertiary/aromatic N) is 2. The van der Waals surface area contributed by atoms with Gasteiger partial charge in [0.25, 0.3) is 5.91 Å². The summed E-state index contributed by atoms with van der Waals surface area (Å²) in [4.78, 5) is 19.7. The molecule has 1 fully saturated rings. The number of likely N-dealkylation sites (tertiary alicyclic amines) is 1. The molecule has 1 saturated heterocycles. The number of aromatic nitrogens is 1. The summed E-state index contributed by atoms with van der Waals surface area (Å²) in [5.74, 6) is 0.0888. The van der Waals surface area contributed by atoms with E-state index in [0.29, 0.717) is 29.6 Å². The Morgan fingerprint density at radius 3 is 2.41 bits per heavy atom. The topological polar surface area (TPSA) is 45.2 Å². The standard InChI is InChI=1S/C26H28FN3OS/c1-16-4-9-22(14-17(16)2)29-24-18(3)25(32)28-15-23(24)26(31)30-12-10-20(11-13-30)19-5-7-21(27)8-6-19/h4-9,14-15,20H,10-13H2,1-3H3,(H2,28,29,32). The van der Waals surface area contributed by atoms with Gasteiger partial charge in [-0.25, -0.2) is 9.37 Å². The SMILES string of the molecule is Cc1ccc(Nc2c(C(=O)N3CCC(c4ccc(F)cc4)CC3)cnc(S)c2C)cc1C. The number of halogens is 1. The van der Waals surface area contributed by atoms with E-state index in [4.69, 9.17) is 0 Å². The molecule has 0 saturated carbocycles. The number of pyridine rings is 1. The first-order valence-corrected chi connectivity index (χ1v) is 11.4. The average Bonchev–Trinajstić information content (AvgIpc) is 2.80. The van der Waals surface area contributed by atoms with Crippen molar-refractivity contribution in [1.82, 2.24) is 9.88 Å². The molecule has 4 rings (SSSR count). The van der Waals surface area contributed by atoms with Crippen molar-refractivity contribution in [2.45, 2.75) is 44.6 Å². The first-order valence-electron chi connectivity index (χ1n) is 10.9. The number of rotatable bonds is 4. The molecular weight excluding hydrogens is 421 g/mol. The van der Waals surface area contributed by atoms with Gasteiger partial charge < -0.3 is 10.2 Å². The van der Waals surface area contributed by atoms with Gasteiger partial charge in [0.15, 0.2) is 0 Å². The summed E-state index contributed by atoms with van der Waals surface area (Å²) in [5.41, 5.74) is 6.61. The van der Waals surface area contributed by atoms with E-state index < -0.39 is 0 Å². The molecule has 32 heavy (non-hydrogen) atoms. The van der Waals surface area contributed by atoms with E-state index in [-0.39, 0.29) is 11.7 Å². The molecule has 0 unspecified atom stereocenters. The molecule has 0 atom stereocenters. The molecule has 1 aliphatic heterocycles. The summed E-state index contributed by atoms with van der Waals surface area (Å²) in [7, 11) is 0. The number of carbonyl (C=O) groups is 1. The normalized spacial score (nSPS) is 14.5. The molecule has 1 N–H and O–H groups in total. The van der Waals surface area contributed by atoms with Gasteiger partial charge in [-0.15, -0.1) is 12.6 Å². The average molecular weight is 450 g/mol. The van der Waals surface area contributed by atoms with Gasteiger partial charge >= 0.3 is 0 Å². The molecule has 1 amide bonds. The Morgan fingerprint density at radius 1 is 1.06 bits per heavy atom. The van der Waals surface area contributed by atoms with Crippen molar-refractivity contribution in [2.24, 2.45) is 0 Å². The number of aryl methyl sites for hydroxylation is 2. The lowest BCUT2D eigenvalue weighted by molar-refractivity contribution is 0.0713. The number of hydrogen-bond acceptors (Lipinski definition) is 4. The van der Waals surface area contributed by atoms with Gasteiger partial charge in [0.2, 0.25) is 0 Å². The summed E-state index contributed by atoms with van der Waals surface area (Å²) in [5, 5.41) is 4.04. The van der Waals surface area contributed by atoms with Crippen LogP contribution < -0.4 is 5.32 Å². The first kappa shape index (κ1) is 22.3. The van der Waals surface area contributed by atoms with Crippen molar-refractivity contribution in [1.29, 1.82) is 0 Å². The number of anilines is 2. The van der Waals surface area contributed by atoms with E-state index in [9.17, 15) is 9.18 Å². The van der Waals surface area contributed by atoms with Gasteiger partial charge in [-0.2, -0.15) is 0 Å². The zero-order chi connectivity index (χ0) is 22.8. The minimum atomic E-state index is -0.222. The van der Waals surface area contributed by atoms with Crippen molar-refractivity contribution >= 4 is 29.9 Å². The molecule has 3 aromatic rings. The largest absolute Gasteiger partial charge is 0.355 e. The molecular formula is C26H28FN3OS. The van der Waals surface area contributed by atoms with E-state index in [2.05, 4.69) is 48.9 Å². The Labute approximate surface area is 194 Å². The fourth-order valence-corrected chi connectivity index (χ4v) is 4.38. The number of piperidine rings is 1. The highest BCUT2D eigenvalue weighted by Crippen LogP contribution is 2.32. The lowest BCUT2D eigenvalue weighted by Gasteiger charge is -2.33. The molecule has 0 bridgehead atoms. The van der Waals surface area contributed by atoms with Crippen molar-refractivity contribution in [3.05, 3.63) is 82.3 Å². The zero-order valence-corrected chi connectivity index (χ0v) is 19.5. The van der Waals surface area contributed by atoms with Crippen molar-refractivity contribution in [2.75, 3.05) is 18.4 Å². The maximum atomic E-state index is 13.5. The lowest BCUT2D eigenvalue weighted by atomic mass is 9.89. The minimum Gasteiger partial charge on any atom is -0.355 e. The second-order valence-corrected chi connectivity index (χ2v) is 8.96. The second kappa shape index (κ2) is 9.33. The Bertz CT molecular complexity index is 1140. The molecule has 1 aromatic heterocycles. The van der Waals surface area contributed by atoms with Crippen molar-refractivity contribution in [3.63, 3.8) is 0 Å². The van der Waals surface area contributed by atoms with Crippen LogP contribution in [-0.4, -0.2) is 28.9 Å². The monoisotopic (exact) mass is 449 g/mol. The van der Waals surface area contributed by atoms with Crippen LogP contribution in [0.4, 0.5) is 15.8 Å². The van der Waals surface area contributed by atoms with Gasteiger partial charge in [0.1, 0.15) is 5.82 Å². The number of thiol groups is 1. The maximum Gasteiger partial charge on any atom is 0.257 e. The Kier molecular flexibility index (Phi) is 6.51. The number of amides is 1. The van der Waals surface area contributed by atoms with Crippen LogP contribution in [0.1, 0.15) is 51.4 Å². The molecule has 2 heterocycles. The van der Waals surface area contributed by atoms with Gasteiger partial charge in [-0.3, -0.25) is 4.79 Å². The number of carbonyl (C=O) groups excluding carboxylic acids is 1. The Morgan fingerprint density at radius 2 is 1.75 bits per heavy atom. The zero-order valence-electron chi connectivity index (χ0n) is 18.7. The van der Waals surface area contributed by atoms with Gasteiger partial charge in [-0.1, -0.05) is 18.2 Å². The predicted molar refractivity (Wildman–Crippen MR) is 130 cm³/mol. The van der Waals surface area contributed by atoms with Crippen LogP contribution in [0.25, 0.3) is 0 Å². The molecule has 0 radical (unpaired) electrons. The third kappa shape index (κ3) is 4.65. The van der Waals surface area contributed by atoms with Crippen molar-refractivity contribution in [3.8, 4) is 0 Å². The smallest absolute Gasteiger partial charge is 0.257 e. The Balaban J connectivity index is 1.54.